The molecule has 1 radical (unpaired) electrons. The van der Waals surface area contributed by atoms with Gasteiger partial charge in [-0.3, -0.25) is 19.2 Å². The molecule has 0 fully saturated rings. The normalized spacial score (nSPS) is 11.3. The van der Waals surface area contributed by atoms with Crippen LogP contribution in [0.25, 0.3) is 0 Å². The van der Waals surface area contributed by atoms with E-state index in [1.54, 1.807) is 0 Å². The molecule has 1 atom stereocenters. The molecule has 0 aromatic heterocycles. The Morgan fingerprint density at radius 3 is 1.50 bits per heavy atom. The molecule has 0 heterocycles. The second-order valence-electron chi connectivity index (χ2n) is 4.30. The third-order valence-corrected chi connectivity index (χ3v) is 2.02. The zero-order chi connectivity index (χ0) is 18.0. The van der Waals surface area contributed by atoms with Gasteiger partial charge in [0.25, 0.3) is 0 Å². The van der Waals surface area contributed by atoms with Crippen LogP contribution in [0.4, 0.5) is 0 Å². The van der Waals surface area contributed by atoms with Gasteiger partial charge in [0.2, 0.25) is 0 Å². The van der Waals surface area contributed by atoms with Crippen molar-refractivity contribution in [3.63, 3.8) is 0 Å². The molecule has 1 unspecified atom stereocenters. The van der Waals surface area contributed by atoms with Crippen LogP contribution in [0.5, 0.6) is 0 Å². The molecule has 0 spiro atoms. The molecule has 0 amide bonds. The summed E-state index contributed by atoms with van der Waals surface area (Å²) in [6, 6.07) is -0.980. The minimum Gasteiger partial charge on any atom is -0.396 e. The number of hydrogen-bond donors (Lipinski definition) is 1. The number of aliphatic hydroxyl groups is 1. The number of nitrogens with zero attached hydrogens (tertiary/aromatic N) is 2. The van der Waals surface area contributed by atoms with Crippen LogP contribution in [0, 0.1) is 0 Å². The summed E-state index contributed by atoms with van der Waals surface area (Å²) in [5, 5.41) is 10.2. The van der Waals surface area contributed by atoms with Gasteiger partial charge in [0, 0.05) is 74.3 Å². The molecule has 11 nitrogen and oxygen atoms in total. The average Bonchev–Trinajstić information content (AvgIpc) is 2.34. The summed E-state index contributed by atoms with van der Waals surface area (Å²) in [6.45, 7) is 3.56. The summed E-state index contributed by atoms with van der Waals surface area (Å²) in [5.41, 5.74) is 0. The second kappa shape index (κ2) is 13.1. The average molecular weight is 359 g/mol. The first-order valence-electron chi connectivity index (χ1n) is 6.57. The Morgan fingerprint density at radius 1 is 0.833 bits per heavy atom. The Balaban J connectivity index is 0. The van der Waals surface area contributed by atoms with Crippen LogP contribution in [0.3, 0.4) is 0 Å². The van der Waals surface area contributed by atoms with E-state index >= 15 is 0 Å². The summed E-state index contributed by atoms with van der Waals surface area (Å²) in [7, 11) is 0. The Kier molecular flexibility index (Phi) is 13.6. The summed E-state index contributed by atoms with van der Waals surface area (Å²) in [6.07, 6.45) is -0.0560. The molecule has 0 rings (SSSR count). The Morgan fingerprint density at radius 2 is 1.21 bits per heavy atom. The maximum atomic E-state index is 11.1. The van der Waals surface area contributed by atoms with E-state index in [-0.39, 0.29) is 49.1 Å². The predicted molar refractivity (Wildman–Crippen MR) is 76.9 cm³/mol. The molecule has 12 heteroatoms. The standard InChI is InChI=1S/C12H20N2O9.Na/c1-8(16)20-13(21-9(2)17)7-12(5-6-15)14(22-10(3)18)23-11(4)19;/h12,15H,5-7H2,1-4H3;. The van der Waals surface area contributed by atoms with Crippen LogP contribution in [-0.2, 0) is 38.5 Å². The first-order chi connectivity index (χ1) is 10.6. The molecule has 0 saturated heterocycles. The van der Waals surface area contributed by atoms with Crippen molar-refractivity contribution in [1.29, 1.82) is 0 Å². The fourth-order valence-electron chi connectivity index (χ4n) is 1.39. The molecule has 1 N–H and O–H groups in total. The molecule has 0 aromatic rings. The van der Waals surface area contributed by atoms with Crippen molar-refractivity contribution in [3.05, 3.63) is 0 Å². The monoisotopic (exact) mass is 359 g/mol. The molecule has 0 bridgehead atoms. The quantitative estimate of drug-likeness (QED) is 0.396. The van der Waals surface area contributed by atoms with E-state index in [4.69, 9.17) is 14.8 Å². The number of aliphatic hydroxyl groups excluding tert-OH is 1. The molecular formula is C12H20N2NaO9. The molecule has 0 saturated carbocycles. The zero-order valence-corrected chi connectivity index (χ0v) is 16.3. The van der Waals surface area contributed by atoms with Crippen molar-refractivity contribution in [1.82, 2.24) is 10.5 Å². The van der Waals surface area contributed by atoms with Crippen molar-refractivity contribution < 1.29 is 43.6 Å². The van der Waals surface area contributed by atoms with Crippen LogP contribution >= 0.6 is 0 Å². The van der Waals surface area contributed by atoms with Gasteiger partial charge in [0.15, 0.2) is 0 Å². The Hall–Kier alpha value is -1.24. The van der Waals surface area contributed by atoms with Crippen LogP contribution < -0.4 is 0 Å². The summed E-state index contributed by atoms with van der Waals surface area (Å²) in [4.78, 5) is 62.9. The number of hydrogen-bond acceptors (Lipinski definition) is 11. The van der Waals surface area contributed by atoms with Crippen molar-refractivity contribution in [2.45, 2.75) is 40.2 Å². The van der Waals surface area contributed by atoms with Gasteiger partial charge in [0.05, 0.1) is 6.54 Å². The minimum atomic E-state index is -0.980. The molecule has 0 aromatic carbocycles. The first-order valence-corrected chi connectivity index (χ1v) is 6.57. The van der Waals surface area contributed by atoms with E-state index in [1.807, 2.05) is 0 Å². The van der Waals surface area contributed by atoms with E-state index in [1.165, 1.54) is 0 Å². The second-order valence-corrected chi connectivity index (χ2v) is 4.30. The van der Waals surface area contributed by atoms with Crippen molar-refractivity contribution in [2.24, 2.45) is 0 Å². The molecule has 0 aliphatic rings. The summed E-state index contributed by atoms with van der Waals surface area (Å²) >= 11 is 0. The van der Waals surface area contributed by atoms with Crippen LogP contribution in [0.2, 0.25) is 0 Å². The molecule has 133 valence electrons. The van der Waals surface area contributed by atoms with Crippen LogP contribution in [0.1, 0.15) is 34.1 Å². The topological polar surface area (TPSA) is 132 Å². The van der Waals surface area contributed by atoms with Gasteiger partial charge in [-0.2, -0.15) is 0 Å². The smallest absolute Gasteiger partial charge is 0.326 e. The molecule has 24 heavy (non-hydrogen) atoms. The minimum absolute atomic E-state index is 0. The maximum absolute atomic E-state index is 11.1. The molecule has 0 aliphatic heterocycles. The Labute approximate surface area is 160 Å². The van der Waals surface area contributed by atoms with Crippen molar-refractivity contribution in [2.75, 3.05) is 13.2 Å². The van der Waals surface area contributed by atoms with E-state index in [0.29, 0.717) is 10.5 Å². The number of carbonyl (C=O) groups is 4. The first kappa shape index (κ1) is 25.0. The van der Waals surface area contributed by atoms with Gasteiger partial charge >= 0.3 is 23.9 Å². The summed E-state index contributed by atoms with van der Waals surface area (Å²) < 4.78 is 0. The van der Waals surface area contributed by atoms with Crippen LogP contribution in [-0.4, -0.2) is 88.2 Å². The van der Waals surface area contributed by atoms with Crippen molar-refractivity contribution in [3.8, 4) is 0 Å². The Bertz CT molecular complexity index is 414. The predicted octanol–water partition coefficient (Wildman–Crippen LogP) is -1.13. The molecular weight excluding hydrogens is 339 g/mol. The number of hydroxylamine groups is 4. The van der Waals surface area contributed by atoms with E-state index in [9.17, 15) is 19.2 Å². The van der Waals surface area contributed by atoms with Crippen molar-refractivity contribution >= 4 is 53.4 Å². The maximum Gasteiger partial charge on any atom is 0.326 e. The fourth-order valence-corrected chi connectivity index (χ4v) is 1.39. The van der Waals surface area contributed by atoms with Gasteiger partial charge in [0.1, 0.15) is 6.04 Å². The van der Waals surface area contributed by atoms with E-state index < -0.39 is 29.9 Å². The van der Waals surface area contributed by atoms with Gasteiger partial charge in [-0.05, 0) is 6.42 Å². The van der Waals surface area contributed by atoms with E-state index in [2.05, 4.69) is 9.68 Å². The van der Waals surface area contributed by atoms with Gasteiger partial charge in [-0.25, -0.2) is 0 Å². The van der Waals surface area contributed by atoms with Gasteiger partial charge in [-0.15, -0.1) is 0 Å². The molecule has 0 aliphatic carbocycles. The largest absolute Gasteiger partial charge is 0.396 e. The van der Waals surface area contributed by atoms with E-state index in [0.717, 1.165) is 27.7 Å². The fraction of sp³-hybridized carbons (Fsp3) is 0.667. The zero-order valence-electron chi connectivity index (χ0n) is 14.3. The SMILES string of the molecule is CC(=O)ON(CC(CCO)N(OC(C)=O)OC(C)=O)OC(C)=O.[Na]. The summed E-state index contributed by atoms with van der Waals surface area (Å²) in [5.74, 6) is -3.14. The third-order valence-electron chi connectivity index (χ3n) is 2.02. The van der Waals surface area contributed by atoms with Gasteiger partial charge in [-0.1, -0.05) is 0 Å². The van der Waals surface area contributed by atoms with Crippen LogP contribution in [0.15, 0.2) is 0 Å². The van der Waals surface area contributed by atoms with Gasteiger partial charge < -0.3 is 24.5 Å². The number of rotatable bonds is 9. The number of carbonyl (C=O) groups excluding carboxylic acids is 4. The third kappa shape index (κ3) is 12.2.